The summed E-state index contributed by atoms with van der Waals surface area (Å²) in [5.74, 6) is -0.150. The Bertz CT molecular complexity index is 383. The van der Waals surface area contributed by atoms with Gasteiger partial charge < -0.3 is 4.74 Å². The van der Waals surface area contributed by atoms with Gasteiger partial charge in [0.15, 0.2) is 0 Å². The zero-order chi connectivity index (χ0) is 13.8. The van der Waals surface area contributed by atoms with E-state index in [4.69, 9.17) is 8.92 Å². The highest BCUT2D eigenvalue weighted by Crippen LogP contribution is 2.46. The highest BCUT2D eigenvalue weighted by Gasteiger charge is 2.45. The molecule has 0 amide bonds. The van der Waals surface area contributed by atoms with Gasteiger partial charge in [-0.15, -0.1) is 0 Å². The Labute approximate surface area is 109 Å². The van der Waals surface area contributed by atoms with Gasteiger partial charge in [-0.1, -0.05) is 6.42 Å². The van der Waals surface area contributed by atoms with Gasteiger partial charge in [-0.25, -0.2) is 0 Å². The smallest absolute Gasteiger partial charge is 0.312 e. The van der Waals surface area contributed by atoms with Crippen molar-refractivity contribution in [3.05, 3.63) is 0 Å². The van der Waals surface area contributed by atoms with E-state index in [-0.39, 0.29) is 5.97 Å². The second kappa shape index (κ2) is 6.02. The van der Waals surface area contributed by atoms with E-state index in [1.54, 1.807) is 13.8 Å². The Hall–Kier alpha value is -0.620. The van der Waals surface area contributed by atoms with Crippen molar-refractivity contribution >= 4 is 16.1 Å². The van der Waals surface area contributed by atoms with E-state index in [2.05, 4.69) is 0 Å². The topological polar surface area (TPSA) is 69.7 Å². The van der Waals surface area contributed by atoms with E-state index in [0.717, 1.165) is 25.5 Å². The molecule has 0 spiro atoms. The highest BCUT2D eigenvalue weighted by molar-refractivity contribution is 7.86. The van der Waals surface area contributed by atoms with E-state index in [0.29, 0.717) is 19.4 Å². The fourth-order valence-corrected chi connectivity index (χ4v) is 2.96. The first-order valence-corrected chi connectivity index (χ1v) is 8.16. The number of esters is 1. The fourth-order valence-electron chi connectivity index (χ4n) is 2.27. The molecule has 1 aliphatic rings. The third kappa shape index (κ3) is 4.24. The minimum atomic E-state index is -3.43. The molecule has 0 saturated heterocycles. The second-order valence-electron chi connectivity index (χ2n) is 5.00. The zero-order valence-corrected chi connectivity index (χ0v) is 12.1. The van der Waals surface area contributed by atoms with E-state index >= 15 is 0 Å². The van der Waals surface area contributed by atoms with Gasteiger partial charge in [0, 0.05) is 0 Å². The first kappa shape index (κ1) is 15.4. The van der Waals surface area contributed by atoms with Crippen LogP contribution < -0.4 is 0 Å². The van der Waals surface area contributed by atoms with Crippen molar-refractivity contribution in [1.29, 1.82) is 0 Å². The maximum atomic E-state index is 11.9. The molecule has 0 aliphatic heterocycles. The summed E-state index contributed by atoms with van der Waals surface area (Å²) < 4.78 is 31.9. The third-order valence-corrected chi connectivity index (χ3v) is 4.07. The molecule has 0 bridgehead atoms. The van der Waals surface area contributed by atoms with Crippen molar-refractivity contribution in [2.45, 2.75) is 52.1 Å². The molecule has 0 aromatic heterocycles. The Balaban J connectivity index is 2.47. The monoisotopic (exact) mass is 278 g/mol. The van der Waals surface area contributed by atoms with Crippen molar-refractivity contribution in [2.75, 3.05) is 12.9 Å². The van der Waals surface area contributed by atoms with Crippen molar-refractivity contribution in [3.8, 4) is 0 Å². The minimum Gasteiger partial charge on any atom is -0.466 e. The predicted molar refractivity (Wildman–Crippen MR) is 67.5 cm³/mol. The van der Waals surface area contributed by atoms with Gasteiger partial charge in [0.1, 0.15) is 0 Å². The predicted octanol–water partition coefficient (Wildman–Crippen LogP) is 1.86. The minimum absolute atomic E-state index is 0.150. The van der Waals surface area contributed by atoms with Crippen LogP contribution in [0, 0.1) is 5.41 Å². The molecule has 1 rings (SSSR count). The highest BCUT2D eigenvalue weighted by atomic mass is 32.2. The summed E-state index contributed by atoms with van der Waals surface area (Å²) in [4.78, 5) is 11.9. The summed E-state index contributed by atoms with van der Waals surface area (Å²) in [7, 11) is -3.43. The standard InChI is InChI=1S/C12H22O5S/c1-4-16-11(13)12(7-5-8-12)9-6-10(2)17-18(3,14)15/h10H,4-9H2,1-3H3/t10-/m0/s1. The molecule has 0 aromatic carbocycles. The van der Waals surface area contributed by atoms with Crippen LogP contribution in [0.5, 0.6) is 0 Å². The first-order chi connectivity index (χ1) is 8.29. The molecule has 6 heteroatoms. The third-order valence-electron chi connectivity index (χ3n) is 3.39. The Morgan fingerprint density at radius 3 is 2.39 bits per heavy atom. The maximum Gasteiger partial charge on any atom is 0.312 e. The molecular formula is C12H22O5S. The Kier molecular flexibility index (Phi) is 5.16. The molecule has 0 heterocycles. The molecular weight excluding hydrogens is 256 g/mol. The number of ether oxygens (including phenoxy) is 1. The molecule has 0 unspecified atom stereocenters. The fraction of sp³-hybridized carbons (Fsp3) is 0.917. The number of rotatable bonds is 7. The molecule has 0 radical (unpaired) electrons. The lowest BCUT2D eigenvalue weighted by Gasteiger charge is -2.39. The summed E-state index contributed by atoms with van der Waals surface area (Å²) >= 11 is 0. The molecule has 0 N–H and O–H groups in total. The van der Waals surface area contributed by atoms with Gasteiger partial charge in [0.25, 0.3) is 10.1 Å². The lowest BCUT2D eigenvalue weighted by molar-refractivity contribution is -0.162. The summed E-state index contributed by atoms with van der Waals surface area (Å²) in [6.45, 7) is 3.88. The number of hydrogen-bond acceptors (Lipinski definition) is 5. The van der Waals surface area contributed by atoms with Gasteiger partial charge in [0.2, 0.25) is 0 Å². The quantitative estimate of drug-likeness (QED) is 0.525. The van der Waals surface area contributed by atoms with E-state index in [9.17, 15) is 13.2 Å². The SMILES string of the molecule is CCOC(=O)C1(CC[C@H](C)OS(C)(=O)=O)CCC1. The number of hydrogen-bond donors (Lipinski definition) is 0. The first-order valence-electron chi connectivity index (χ1n) is 6.34. The molecule has 18 heavy (non-hydrogen) atoms. The van der Waals surface area contributed by atoms with Crippen LogP contribution >= 0.6 is 0 Å². The van der Waals surface area contributed by atoms with Gasteiger partial charge in [-0.2, -0.15) is 8.42 Å². The number of carbonyl (C=O) groups is 1. The van der Waals surface area contributed by atoms with Crippen LogP contribution in [-0.2, 0) is 23.8 Å². The Morgan fingerprint density at radius 2 is 2.00 bits per heavy atom. The van der Waals surface area contributed by atoms with E-state index in [1.807, 2.05) is 0 Å². The summed E-state index contributed by atoms with van der Waals surface area (Å²) in [6.07, 6.45) is 4.50. The van der Waals surface area contributed by atoms with E-state index < -0.39 is 21.6 Å². The second-order valence-corrected chi connectivity index (χ2v) is 6.60. The zero-order valence-electron chi connectivity index (χ0n) is 11.3. The van der Waals surface area contributed by atoms with Crippen molar-refractivity contribution < 1.29 is 22.1 Å². The van der Waals surface area contributed by atoms with Crippen LogP contribution in [0.25, 0.3) is 0 Å². The summed E-state index contributed by atoms with van der Waals surface area (Å²) in [6, 6.07) is 0. The molecule has 1 atom stereocenters. The lowest BCUT2D eigenvalue weighted by Crippen LogP contribution is -2.40. The van der Waals surface area contributed by atoms with Crippen molar-refractivity contribution in [1.82, 2.24) is 0 Å². The molecule has 0 aromatic rings. The van der Waals surface area contributed by atoms with Crippen molar-refractivity contribution in [3.63, 3.8) is 0 Å². The molecule has 1 aliphatic carbocycles. The van der Waals surface area contributed by atoms with Crippen molar-refractivity contribution in [2.24, 2.45) is 5.41 Å². The van der Waals surface area contributed by atoms with Gasteiger partial charge >= 0.3 is 5.97 Å². The average Bonchev–Trinajstić information content (AvgIpc) is 2.13. The van der Waals surface area contributed by atoms with E-state index in [1.165, 1.54) is 0 Å². The van der Waals surface area contributed by atoms with Crippen LogP contribution in [0.3, 0.4) is 0 Å². The van der Waals surface area contributed by atoms with Gasteiger partial charge in [-0.3, -0.25) is 8.98 Å². The molecule has 106 valence electrons. The van der Waals surface area contributed by atoms with Crippen LogP contribution in [0.1, 0.15) is 46.0 Å². The largest absolute Gasteiger partial charge is 0.466 e. The summed E-state index contributed by atoms with van der Waals surface area (Å²) in [5.41, 5.74) is -0.398. The van der Waals surface area contributed by atoms with Crippen LogP contribution in [0.4, 0.5) is 0 Å². The lowest BCUT2D eigenvalue weighted by atomic mass is 9.66. The van der Waals surface area contributed by atoms with Crippen LogP contribution in [0.15, 0.2) is 0 Å². The molecule has 5 nitrogen and oxygen atoms in total. The maximum absolute atomic E-state index is 11.9. The molecule has 1 saturated carbocycles. The normalized spacial score (nSPS) is 19.9. The number of carbonyl (C=O) groups excluding carboxylic acids is 1. The average molecular weight is 278 g/mol. The van der Waals surface area contributed by atoms with Gasteiger partial charge in [0.05, 0.1) is 24.4 Å². The Morgan fingerprint density at radius 1 is 1.39 bits per heavy atom. The van der Waals surface area contributed by atoms with Crippen LogP contribution in [0.2, 0.25) is 0 Å². The molecule has 1 fully saturated rings. The van der Waals surface area contributed by atoms with Crippen LogP contribution in [-0.4, -0.2) is 33.4 Å². The van der Waals surface area contributed by atoms with Gasteiger partial charge in [-0.05, 0) is 39.5 Å². The summed E-state index contributed by atoms with van der Waals surface area (Å²) in [5, 5.41) is 0.